The number of hydrogen-bond donors (Lipinski definition) is 3. The Kier molecular flexibility index (Phi) is 4.31. The number of H-pyrrole nitrogens is 1. The monoisotopic (exact) mass is 315 g/mol. The summed E-state index contributed by atoms with van der Waals surface area (Å²) in [6, 6.07) is 5.63. The van der Waals surface area contributed by atoms with Crippen molar-refractivity contribution in [1.82, 2.24) is 10.3 Å². The zero-order valence-electron chi connectivity index (χ0n) is 14.0. The van der Waals surface area contributed by atoms with Gasteiger partial charge < -0.3 is 20.3 Å². The Morgan fingerprint density at radius 3 is 2.91 bits per heavy atom. The van der Waals surface area contributed by atoms with Gasteiger partial charge in [-0.3, -0.25) is 4.79 Å². The number of aromatic amines is 1. The Morgan fingerprint density at radius 1 is 1.43 bits per heavy atom. The normalized spacial score (nSPS) is 23.1. The molecule has 0 unspecified atom stereocenters. The van der Waals surface area contributed by atoms with Crippen molar-refractivity contribution >= 4 is 22.5 Å². The summed E-state index contributed by atoms with van der Waals surface area (Å²) in [6.45, 7) is 4.15. The lowest BCUT2D eigenvalue weighted by Gasteiger charge is -2.33. The van der Waals surface area contributed by atoms with Gasteiger partial charge >= 0.3 is 0 Å². The maximum absolute atomic E-state index is 12.8. The summed E-state index contributed by atoms with van der Waals surface area (Å²) in [5.74, 6) is 0.210. The first kappa shape index (κ1) is 15.9. The van der Waals surface area contributed by atoms with Crippen molar-refractivity contribution in [3.8, 4) is 0 Å². The van der Waals surface area contributed by atoms with Gasteiger partial charge in [0.25, 0.3) is 0 Å². The van der Waals surface area contributed by atoms with E-state index in [1.165, 1.54) is 0 Å². The molecule has 1 aliphatic rings. The van der Waals surface area contributed by atoms with Crippen LogP contribution < -0.4 is 10.2 Å². The molecular formula is C18H25N3O2. The number of aliphatic hydroxyl groups excluding tert-OH is 1. The Morgan fingerprint density at radius 2 is 2.22 bits per heavy atom. The molecule has 3 atom stereocenters. The smallest absolute Gasteiger partial charge is 0.243 e. The van der Waals surface area contributed by atoms with Crippen LogP contribution in [0.3, 0.4) is 0 Å². The molecule has 23 heavy (non-hydrogen) atoms. The van der Waals surface area contributed by atoms with Gasteiger partial charge in [-0.1, -0.05) is 26.3 Å². The third-order valence-corrected chi connectivity index (χ3v) is 5.05. The lowest BCUT2D eigenvalue weighted by molar-refractivity contribution is -0.124. The molecule has 2 aromatic rings. The molecule has 2 heterocycles. The number of amides is 1. The predicted octanol–water partition coefficient (Wildman–Crippen LogP) is 2.05. The van der Waals surface area contributed by atoms with Crippen molar-refractivity contribution in [3.63, 3.8) is 0 Å². The molecule has 1 aromatic heterocycles. The number of likely N-dealkylation sites (N-methyl/N-ethyl adjacent to an activating group) is 1. The number of anilines is 1. The fourth-order valence-electron chi connectivity index (χ4n) is 3.59. The van der Waals surface area contributed by atoms with Crippen molar-refractivity contribution < 1.29 is 9.90 Å². The minimum absolute atomic E-state index is 0.00737. The van der Waals surface area contributed by atoms with Crippen LogP contribution in [0.2, 0.25) is 0 Å². The first-order chi connectivity index (χ1) is 11.1. The summed E-state index contributed by atoms with van der Waals surface area (Å²) in [5, 5.41) is 13.8. The van der Waals surface area contributed by atoms with Crippen LogP contribution in [-0.4, -0.2) is 41.7 Å². The highest BCUT2D eigenvalue weighted by atomic mass is 16.3. The summed E-state index contributed by atoms with van der Waals surface area (Å²) in [6.07, 6.45) is 3.53. The maximum Gasteiger partial charge on any atom is 0.243 e. The second kappa shape index (κ2) is 6.24. The van der Waals surface area contributed by atoms with Crippen molar-refractivity contribution in [3.05, 3.63) is 30.0 Å². The van der Waals surface area contributed by atoms with Gasteiger partial charge in [0.05, 0.1) is 12.6 Å². The van der Waals surface area contributed by atoms with E-state index in [9.17, 15) is 9.90 Å². The molecule has 5 heteroatoms. The lowest BCUT2D eigenvalue weighted by atomic mass is 9.96. The van der Waals surface area contributed by atoms with Gasteiger partial charge in [-0.2, -0.15) is 0 Å². The van der Waals surface area contributed by atoms with Crippen molar-refractivity contribution in [2.24, 2.45) is 5.92 Å². The number of aliphatic hydroxyl groups is 1. The minimum atomic E-state index is -0.257. The van der Waals surface area contributed by atoms with Crippen LogP contribution >= 0.6 is 0 Å². The minimum Gasteiger partial charge on any atom is -0.394 e. The predicted molar refractivity (Wildman–Crippen MR) is 92.7 cm³/mol. The van der Waals surface area contributed by atoms with Gasteiger partial charge in [0.1, 0.15) is 6.04 Å². The number of benzene rings is 1. The van der Waals surface area contributed by atoms with E-state index in [-0.39, 0.29) is 30.5 Å². The molecule has 1 aromatic carbocycles. The molecule has 124 valence electrons. The van der Waals surface area contributed by atoms with Crippen molar-refractivity contribution in [2.45, 2.75) is 38.8 Å². The Labute approximate surface area is 136 Å². The average Bonchev–Trinajstić information content (AvgIpc) is 2.97. The number of rotatable bonds is 3. The van der Waals surface area contributed by atoms with Crippen LogP contribution in [0.5, 0.6) is 0 Å². The van der Waals surface area contributed by atoms with Gasteiger partial charge in [-0.25, -0.2) is 0 Å². The zero-order chi connectivity index (χ0) is 16.6. The highest BCUT2D eigenvalue weighted by molar-refractivity contribution is 5.98. The number of hydrogen-bond acceptors (Lipinski definition) is 3. The van der Waals surface area contributed by atoms with Crippen LogP contribution in [0.4, 0.5) is 5.69 Å². The van der Waals surface area contributed by atoms with E-state index in [0.29, 0.717) is 6.42 Å². The lowest BCUT2D eigenvalue weighted by Crippen LogP contribution is -2.52. The number of aromatic nitrogens is 1. The molecule has 5 nitrogen and oxygen atoms in total. The Balaban J connectivity index is 2.18. The van der Waals surface area contributed by atoms with E-state index >= 15 is 0 Å². The van der Waals surface area contributed by atoms with Crippen molar-refractivity contribution in [1.29, 1.82) is 0 Å². The quantitative estimate of drug-likeness (QED) is 0.812. The molecule has 0 saturated carbocycles. The number of nitrogens with one attached hydrogen (secondary N) is 2. The molecule has 1 aliphatic heterocycles. The second-order valence-corrected chi connectivity index (χ2v) is 6.55. The second-order valence-electron chi connectivity index (χ2n) is 6.55. The third-order valence-electron chi connectivity index (χ3n) is 5.05. The molecular weight excluding hydrogens is 290 g/mol. The van der Waals surface area contributed by atoms with Gasteiger partial charge in [0, 0.05) is 29.8 Å². The van der Waals surface area contributed by atoms with Gasteiger partial charge in [0.15, 0.2) is 0 Å². The maximum atomic E-state index is 12.8. The van der Waals surface area contributed by atoms with Crippen molar-refractivity contribution in [2.75, 3.05) is 18.6 Å². The van der Waals surface area contributed by atoms with Crippen LogP contribution in [0.15, 0.2) is 24.4 Å². The molecule has 3 rings (SSSR count). The van der Waals surface area contributed by atoms with Crippen LogP contribution in [0.25, 0.3) is 10.9 Å². The zero-order valence-corrected chi connectivity index (χ0v) is 14.0. The average molecular weight is 315 g/mol. The Hall–Kier alpha value is -2.01. The van der Waals surface area contributed by atoms with Crippen LogP contribution in [0.1, 0.15) is 25.8 Å². The third kappa shape index (κ3) is 2.70. The van der Waals surface area contributed by atoms with E-state index in [1.807, 2.05) is 19.3 Å². The first-order valence-electron chi connectivity index (χ1n) is 8.29. The summed E-state index contributed by atoms with van der Waals surface area (Å²) in [5.41, 5.74) is 3.27. The first-order valence-corrected chi connectivity index (χ1v) is 8.29. The Bertz CT molecular complexity index is 709. The number of nitrogens with zero attached hydrogens (tertiary/aromatic N) is 1. The number of carbonyl (C=O) groups excluding carboxylic acids is 1. The van der Waals surface area contributed by atoms with Gasteiger partial charge in [-0.05, 0) is 30.0 Å². The highest BCUT2D eigenvalue weighted by Crippen LogP contribution is 2.33. The van der Waals surface area contributed by atoms with E-state index in [0.717, 1.165) is 28.6 Å². The fourth-order valence-corrected chi connectivity index (χ4v) is 3.59. The van der Waals surface area contributed by atoms with Crippen LogP contribution in [0, 0.1) is 5.92 Å². The molecule has 1 amide bonds. The molecule has 0 aliphatic carbocycles. The summed E-state index contributed by atoms with van der Waals surface area (Å²) in [7, 11) is 1.99. The topological polar surface area (TPSA) is 68.4 Å². The van der Waals surface area contributed by atoms with E-state index < -0.39 is 0 Å². The standard InChI is InChI=1S/C18H25N3O2/c1-4-11(2)17-18(23)20-13(10-22)8-12-9-19-14-6-5-7-15(16(12)14)21(17)3/h5-7,9,11,13,17,19,22H,4,8,10H2,1-3H3,(H,20,23)/t11-,13+,17+/m1/s1. The van der Waals surface area contributed by atoms with E-state index in [2.05, 4.69) is 41.2 Å². The SMILES string of the molecule is CC[C@@H](C)[C@H]1C(=O)N[C@H](CO)Cc2c[nH]c3cccc(c23)N1C. The highest BCUT2D eigenvalue weighted by Gasteiger charge is 2.32. The van der Waals surface area contributed by atoms with Crippen LogP contribution in [-0.2, 0) is 11.2 Å². The fraction of sp³-hybridized carbons (Fsp3) is 0.500. The molecule has 0 bridgehead atoms. The van der Waals surface area contributed by atoms with E-state index in [1.54, 1.807) is 0 Å². The largest absolute Gasteiger partial charge is 0.394 e. The number of carbonyl (C=O) groups is 1. The summed E-state index contributed by atoms with van der Waals surface area (Å²) < 4.78 is 0. The molecule has 0 saturated heterocycles. The van der Waals surface area contributed by atoms with Gasteiger partial charge in [-0.15, -0.1) is 0 Å². The molecule has 0 radical (unpaired) electrons. The van der Waals surface area contributed by atoms with Gasteiger partial charge in [0.2, 0.25) is 5.91 Å². The summed E-state index contributed by atoms with van der Waals surface area (Å²) in [4.78, 5) is 18.2. The summed E-state index contributed by atoms with van der Waals surface area (Å²) >= 11 is 0. The molecule has 0 spiro atoms. The molecule has 3 N–H and O–H groups in total. The molecule has 0 fully saturated rings. The van der Waals surface area contributed by atoms with E-state index in [4.69, 9.17) is 0 Å².